The molecule has 0 aliphatic heterocycles. The predicted octanol–water partition coefficient (Wildman–Crippen LogP) is 6.75. The van der Waals surface area contributed by atoms with Crippen molar-refractivity contribution in [1.82, 2.24) is 14.5 Å². The zero-order chi connectivity index (χ0) is 27.7. The molecule has 1 heterocycles. The molecule has 14 heteroatoms. The van der Waals surface area contributed by atoms with Crippen LogP contribution < -0.4 is 9.46 Å². The molecule has 0 amide bonds. The molecule has 0 spiro atoms. The molecule has 0 unspecified atom stereocenters. The van der Waals surface area contributed by atoms with Crippen molar-refractivity contribution in [2.75, 3.05) is 0 Å². The van der Waals surface area contributed by atoms with Crippen LogP contribution in [0.2, 0.25) is 15.1 Å². The molecule has 1 N–H and O–H groups in total. The molecule has 0 bridgehead atoms. The van der Waals surface area contributed by atoms with Crippen LogP contribution in [0.15, 0.2) is 71.6 Å². The first-order valence-corrected chi connectivity index (χ1v) is 13.1. The van der Waals surface area contributed by atoms with Crippen molar-refractivity contribution in [2.45, 2.75) is 17.8 Å². The summed E-state index contributed by atoms with van der Waals surface area (Å²) >= 11 is 18.4. The molecule has 4 aromatic rings. The van der Waals surface area contributed by atoms with Crippen LogP contribution in [0.3, 0.4) is 0 Å². The lowest BCUT2D eigenvalue weighted by Crippen LogP contribution is -2.26. The molecule has 0 atom stereocenters. The monoisotopic (exact) mass is 600 g/mol. The largest absolute Gasteiger partial charge is 0.573 e. The number of benzene rings is 3. The number of alkyl halides is 3. The Bertz CT molecular complexity index is 1650. The quantitative estimate of drug-likeness (QED) is 0.253. The fourth-order valence-electron chi connectivity index (χ4n) is 3.53. The second kappa shape index (κ2) is 10.8. The first kappa shape index (κ1) is 27.8. The summed E-state index contributed by atoms with van der Waals surface area (Å²) < 4.78 is 71.7. The molecule has 0 aliphatic rings. The lowest BCUT2D eigenvalue weighted by molar-refractivity contribution is -0.275. The zero-order valence-corrected chi connectivity index (χ0v) is 21.9. The van der Waals surface area contributed by atoms with Gasteiger partial charge in [-0.05, 0) is 42.5 Å². The average Bonchev–Trinajstić information content (AvgIpc) is 3.21. The number of para-hydroxylation sites is 1. The van der Waals surface area contributed by atoms with Gasteiger partial charge in [0.1, 0.15) is 22.3 Å². The van der Waals surface area contributed by atoms with Gasteiger partial charge in [0.05, 0.1) is 28.6 Å². The third-order valence-electron chi connectivity index (χ3n) is 5.12. The number of nitriles is 1. The lowest BCUT2D eigenvalue weighted by atomic mass is 10.1. The molecule has 7 nitrogen and oxygen atoms in total. The Morgan fingerprint density at radius 2 is 1.66 bits per heavy atom. The van der Waals surface area contributed by atoms with Gasteiger partial charge >= 0.3 is 6.36 Å². The first-order chi connectivity index (χ1) is 17.9. The fourth-order valence-corrected chi connectivity index (χ4v) is 5.26. The minimum atomic E-state index is -5.11. The van der Waals surface area contributed by atoms with Crippen molar-refractivity contribution in [3.63, 3.8) is 0 Å². The molecule has 0 aliphatic carbocycles. The number of hydrogen-bond donors (Lipinski definition) is 1. The van der Waals surface area contributed by atoms with Crippen molar-refractivity contribution < 1.29 is 26.3 Å². The van der Waals surface area contributed by atoms with E-state index in [1.165, 1.54) is 22.9 Å². The van der Waals surface area contributed by atoms with Gasteiger partial charge < -0.3 is 4.74 Å². The molecular formula is C24H14Cl3F3N4O3S. The van der Waals surface area contributed by atoms with Crippen LogP contribution in [0.1, 0.15) is 11.3 Å². The third-order valence-corrected chi connectivity index (χ3v) is 7.35. The number of ether oxygens (including phenoxy) is 1. The molecular weight excluding hydrogens is 588 g/mol. The van der Waals surface area contributed by atoms with Crippen LogP contribution in [0.4, 0.5) is 13.2 Å². The second-order valence-corrected chi connectivity index (χ2v) is 10.6. The van der Waals surface area contributed by atoms with Gasteiger partial charge in [-0.2, -0.15) is 10.4 Å². The van der Waals surface area contributed by atoms with Crippen LogP contribution in [0.5, 0.6) is 5.75 Å². The number of hydrogen-bond acceptors (Lipinski definition) is 5. The third kappa shape index (κ3) is 6.06. The summed E-state index contributed by atoms with van der Waals surface area (Å²) in [4.78, 5) is -0.742. The van der Waals surface area contributed by atoms with Crippen molar-refractivity contribution in [1.29, 1.82) is 5.26 Å². The number of halogens is 6. The van der Waals surface area contributed by atoms with E-state index in [4.69, 9.17) is 34.8 Å². The number of aromatic nitrogens is 2. The SMILES string of the molecule is N#Cc1c(CNS(=O)(=O)c2ccccc2OC(F)(F)F)nn(-c2ccc(Cl)cc2Cl)c1-c1ccc(Cl)cc1. The van der Waals surface area contributed by atoms with E-state index in [2.05, 4.69) is 14.6 Å². The van der Waals surface area contributed by atoms with Gasteiger partial charge in [0.25, 0.3) is 0 Å². The van der Waals surface area contributed by atoms with Gasteiger partial charge in [0.15, 0.2) is 0 Å². The Labute approximate surface area is 230 Å². The van der Waals surface area contributed by atoms with E-state index >= 15 is 0 Å². The van der Waals surface area contributed by atoms with Gasteiger partial charge in [-0.15, -0.1) is 13.2 Å². The number of sulfonamides is 1. The van der Waals surface area contributed by atoms with E-state index in [0.717, 1.165) is 12.1 Å². The van der Waals surface area contributed by atoms with E-state index in [1.807, 2.05) is 6.07 Å². The summed E-state index contributed by atoms with van der Waals surface area (Å²) in [6.45, 7) is -0.537. The lowest BCUT2D eigenvalue weighted by Gasteiger charge is -2.13. The van der Waals surface area contributed by atoms with Gasteiger partial charge in [0, 0.05) is 15.6 Å². The van der Waals surface area contributed by atoms with Crippen LogP contribution in [-0.4, -0.2) is 24.6 Å². The van der Waals surface area contributed by atoms with Crippen LogP contribution in [0, 0.1) is 11.3 Å². The minimum Gasteiger partial charge on any atom is -0.404 e. The highest BCUT2D eigenvalue weighted by atomic mass is 35.5. The highest BCUT2D eigenvalue weighted by Crippen LogP contribution is 2.34. The molecule has 0 fully saturated rings. The smallest absolute Gasteiger partial charge is 0.404 e. The maximum absolute atomic E-state index is 12.9. The molecule has 196 valence electrons. The summed E-state index contributed by atoms with van der Waals surface area (Å²) in [7, 11) is -4.53. The Balaban J connectivity index is 1.79. The number of nitrogens with zero attached hydrogens (tertiary/aromatic N) is 3. The van der Waals surface area contributed by atoms with Crippen molar-refractivity contribution in [2.24, 2.45) is 0 Å². The summed E-state index contributed by atoms with van der Waals surface area (Å²) in [5.74, 6) is -0.909. The molecule has 3 aromatic carbocycles. The second-order valence-electron chi connectivity index (χ2n) is 7.62. The Morgan fingerprint density at radius 3 is 2.29 bits per heavy atom. The summed E-state index contributed by atoms with van der Waals surface area (Å²) in [6, 6.07) is 17.4. The molecule has 1 aromatic heterocycles. The van der Waals surface area contributed by atoms with E-state index < -0.39 is 33.6 Å². The highest BCUT2D eigenvalue weighted by Gasteiger charge is 2.34. The molecule has 38 heavy (non-hydrogen) atoms. The Kier molecular flexibility index (Phi) is 7.92. The van der Waals surface area contributed by atoms with E-state index in [1.54, 1.807) is 36.4 Å². The maximum atomic E-state index is 12.9. The van der Waals surface area contributed by atoms with Gasteiger partial charge in [-0.25, -0.2) is 17.8 Å². The van der Waals surface area contributed by atoms with Crippen molar-refractivity contribution in [3.8, 4) is 28.8 Å². The van der Waals surface area contributed by atoms with Crippen LogP contribution in [0.25, 0.3) is 16.9 Å². The van der Waals surface area contributed by atoms with Crippen molar-refractivity contribution in [3.05, 3.63) is 93.1 Å². The van der Waals surface area contributed by atoms with Crippen LogP contribution in [-0.2, 0) is 16.6 Å². The molecule has 0 saturated heterocycles. The number of rotatable bonds is 7. The molecule has 0 radical (unpaired) electrons. The standard InChI is InChI=1S/C24H14Cl3F3N4O3S/c25-15-7-5-14(6-8-15)23-17(12-31)19(33-34(23)20-10-9-16(26)11-18(20)27)13-32-38(35,36)22-4-2-1-3-21(22)37-24(28,29)30/h1-11,32H,13H2. The van der Waals surface area contributed by atoms with E-state index in [-0.39, 0.29) is 22.0 Å². The van der Waals surface area contributed by atoms with Gasteiger partial charge in [0.2, 0.25) is 10.0 Å². The minimum absolute atomic E-state index is 0.000802. The molecule has 4 rings (SSSR count). The highest BCUT2D eigenvalue weighted by molar-refractivity contribution is 7.89. The number of nitrogens with one attached hydrogen (secondary N) is 1. The van der Waals surface area contributed by atoms with Crippen molar-refractivity contribution >= 4 is 44.8 Å². The summed E-state index contributed by atoms with van der Waals surface area (Å²) in [5, 5.41) is 15.4. The fraction of sp³-hybridized carbons (Fsp3) is 0.0833. The Morgan fingerprint density at radius 1 is 1.00 bits per heavy atom. The van der Waals surface area contributed by atoms with Gasteiger partial charge in [-0.3, -0.25) is 0 Å². The van der Waals surface area contributed by atoms with E-state index in [0.29, 0.717) is 21.3 Å². The first-order valence-electron chi connectivity index (χ1n) is 10.5. The van der Waals surface area contributed by atoms with Crippen LogP contribution >= 0.6 is 34.8 Å². The average molecular weight is 602 g/mol. The normalized spacial score (nSPS) is 11.8. The Hall–Kier alpha value is -3.27. The predicted molar refractivity (Wildman–Crippen MR) is 136 cm³/mol. The van der Waals surface area contributed by atoms with E-state index in [9.17, 15) is 26.9 Å². The summed E-state index contributed by atoms with van der Waals surface area (Å²) in [5.41, 5.74) is 1.13. The summed E-state index contributed by atoms with van der Waals surface area (Å²) in [6.07, 6.45) is -5.11. The topological polar surface area (TPSA) is 97.0 Å². The van der Waals surface area contributed by atoms with Gasteiger partial charge in [-0.1, -0.05) is 59.1 Å². The molecule has 0 saturated carbocycles. The maximum Gasteiger partial charge on any atom is 0.573 e. The zero-order valence-electron chi connectivity index (χ0n) is 18.8.